The minimum atomic E-state index is -0.205. The maximum Gasteiger partial charge on any atom is 0.318 e. The highest BCUT2D eigenvalue weighted by atomic mass is 19.1. The maximum atomic E-state index is 14.8. The summed E-state index contributed by atoms with van der Waals surface area (Å²) in [5.74, 6) is 0.624. The second-order valence-corrected chi connectivity index (χ2v) is 8.58. The van der Waals surface area contributed by atoms with E-state index in [0.717, 1.165) is 47.7 Å². The lowest BCUT2D eigenvalue weighted by Gasteiger charge is -2.36. The molecule has 2 aliphatic heterocycles. The number of benzene rings is 2. The fourth-order valence-electron chi connectivity index (χ4n) is 4.96. The average Bonchev–Trinajstić information content (AvgIpc) is 3.10. The quantitative estimate of drug-likeness (QED) is 0.556. The molecule has 0 aliphatic carbocycles. The van der Waals surface area contributed by atoms with Gasteiger partial charge in [0.25, 0.3) is 0 Å². The molecule has 2 aliphatic rings. The largest absolute Gasteiger partial charge is 0.467 e. The van der Waals surface area contributed by atoms with Gasteiger partial charge < -0.3 is 19.4 Å². The van der Waals surface area contributed by atoms with E-state index >= 15 is 0 Å². The Morgan fingerprint density at radius 2 is 1.74 bits per heavy atom. The number of hydrogen-bond acceptors (Lipinski definition) is 6. The van der Waals surface area contributed by atoms with Gasteiger partial charge in [0.05, 0.1) is 12.8 Å². The molecule has 8 heteroatoms. The van der Waals surface area contributed by atoms with E-state index in [1.807, 2.05) is 24.3 Å². The Morgan fingerprint density at radius 1 is 1.00 bits per heavy atom. The van der Waals surface area contributed by atoms with Gasteiger partial charge in [0.15, 0.2) is 0 Å². The summed E-state index contributed by atoms with van der Waals surface area (Å²) in [5.41, 5.74) is 2.98. The van der Waals surface area contributed by atoms with Crippen molar-refractivity contribution in [2.45, 2.75) is 12.8 Å². The molecule has 0 spiro atoms. The molecule has 0 radical (unpaired) electrons. The number of anilines is 2. The number of methoxy groups -OCH3 is 1. The predicted molar refractivity (Wildman–Crippen MR) is 131 cm³/mol. The Labute approximate surface area is 198 Å². The molecule has 1 saturated heterocycles. The first-order valence-electron chi connectivity index (χ1n) is 11.6. The average molecular weight is 462 g/mol. The molecule has 0 atom stereocenters. The summed E-state index contributed by atoms with van der Waals surface area (Å²) in [6, 6.07) is 11.5. The number of piperazine rings is 1. The van der Waals surface area contributed by atoms with Crippen LogP contribution in [0, 0.1) is 5.82 Å². The van der Waals surface area contributed by atoms with Crippen LogP contribution in [0.4, 0.5) is 15.9 Å². The molecule has 1 amide bonds. The third-order valence-electron chi connectivity index (χ3n) is 6.72. The smallest absolute Gasteiger partial charge is 0.318 e. The van der Waals surface area contributed by atoms with Gasteiger partial charge in [-0.05, 0) is 30.0 Å². The zero-order chi connectivity index (χ0) is 23.7. The predicted octanol–water partition coefficient (Wildman–Crippen LogP) is 3.22. The number of fused-ring (bicyclic) bond motifs is 2. The number of ether oxygens (including phenoxy) is 1. The number of hydrogen-bond donors (Lipinski definition) is 0. The number of carbonyl (C=O) groups excluding carboxylic acids is 1. The van der Waals surface area contributed by atoms with Gasteiger partial charge in [-0.1, -0.05) is 30.8 Å². The van der Waals surface area contributed by atoms with Crippen LogP contribution >= 0.6 is 0 Å². The molecule has 1 fully saturated rings. The number of amides is 1. The molecule has 0 unspecified atom stereocenters. The van der Waals surface area contributed by atoms with Gasteiger partial charge in [0.1, 0.15) is 11.6 Å². The van der Waals surface area contributed by atoms with Crippen molar-refractivity contribution < 1.29 is 13.9 Å². The van der Waals surface area contributed by atoms with Crippen molar-refractivity contribution in [1.82, 2.24) is 14.9 Å². The number of rotatable bonds is 4. The minimum Gasteiger partial charge on any atom is -0.467 e. The topological polar surface area (TPSA) is 61.8 Å². The van der Waals surface area contributed by atoms with Crippen LogP contribution in [0.3, 0.4) is 0 Å². The monoisotopic (exact) mass is 461 g/mol. The van der Waals surface area contributed by atoms with Crippen molar-refractivity contribution in [2.24, 2.45) is 0 Å². The lowest BCUT2D eigenvalue weighted by atomic mass is 10.1. The fourth-order valence-corrected chi connectivity index (χ4v) is 4.96. The molecule has 5 rings (SSSR count). The van der Waals surface area contributed by atoms with E-state index in [2.05, 4.69) is 21.4 Å². The van der Waals surface area contributed by atoms with Gasteiger partial charge in [0, 0.05) is 62.3 Å². The van der Waals surface area contributed by atoms with E-state index < -0.39 is 0 Å². The van der Waals surface area contributed by atoms with E-state index in [4.69, 9.17) is 9.72 Å². The van der Waals surface area contributed by atoms with Gasteiger partial charge in [0.2, 0.25) is 5.91 Å². The van der Waals surface area contributed by atoms with Crippen molar-refractivity contribution in [3.05, 3.63) is 66.1 Å². The summed E-state index contributed by atoms with van der Waals surface area (Å²) >= 11 is 0. The standard InChI is InChI=1S/C26H28FN5O2/c1-3-23(33)31-14-16-32(17-15-31)25-19-10-12-30(13-11-21(19)28-26(29-25)34-2)22-9-5-7-18-6-4-8-20(27)24(18)22/h3-9H,1,10-17H2,2H3. The van der Waals surface area contributed by atoms with Crippen LogP contribution in [0.1, 0.15) is 11.3 Å². The van der Waals surface area contributed by atoms with E-state index in [-0.39, 0.29) is 11.7 Å². The summed E-state index contributed by atoms with van der Waals surface area (Å²) in [6.45, 7) is 7.65. The van der Waals surface area contributed by atoms with Crippen LogP contribution < -0.4 is 14.5 Å². The number of carbonyl (C=O) groups is 1. The number of halogens is 1. The van der Waals surface area contributed by atoms with Crippen LogP contribution in [0.15, 0.2) is 49.1 Å². The van der Waals surface area contributed by atoms with Crippen LogP contribution in [0.25, 0.3) is 10.8 Å². The molecule has 3 aromatic rings. The SMILES string of the molecule is C=CC(=O)N1CCN(c2nc(OC)nc3c2CCN(c2cccc4cccc(F)c24)CC3)CC1. The van der Waals surface area contributed by atoms with E-state index in [1.165, 1.54) is 12.1 Å². The van der Waals surface area contributed by atoms with Gasteiger partial charge in [-0.2, -0.15) is 9.97 Å². The van der Waals surface area contributed by atoms with Gasteiger partial charge in [-0.25, -0.2) is 4.39 Å². The molecular weight excluding hydrogens is 433 g/mol. The highest BCUT2D eigenvalue weighted by molar-refractivity contribution is 5.95. The van der Waals surface area contributed by atoms with Crippen LogP contribution in [-0.4, -0.2) is 67.2 Å². The lowest BCUT2D eigenvalue weighted by molar-refractivity contribution is -0.126. The summed E-state index contributed by atoms with van der Waals surface area (Å²) in [4.78, 5) is 27.6. The van der Waals surface area contributed by atoms with E-state index in [9.17, 15) is 9.18 Å². The molecule has 176 valence electrons. The zero-order valence-electron chi connectivity index (χ0n) is 19.3. The molecule has 3 heterocycles. The van der Waals surface area contributed by atoms with Crippen molar-refractivity contribution in [2.75, 3.05) is 56.2 Å². The molecule has 7 nitrogen and oxygen atoms in total. The zero-order valence-corrected chi connectivity index (χ0v) is 19.3. The van der Waals surface area contributed by atoms with Gasteiger partial charge in [-0.15, -0.1) is 0 Å². The third-order valence-corrected chi connectivity index (χ3v) is 6.72. The highest BCUT2D eigenvalue weighted by Gasteiger charge is 2.27. The van der Waals surface area contributed by atoms with E-state index in [0.29, 0.717) is 44.0 Å². The molecular formula is C26H28FN5O2. The Kier molecular flexibility index (Phi) is 6.04. The molecule has 2 aromatic carbocycles. The second-order valence-electron chi connectivity index (χ2n) is 8.58. The van der Waals surface area contributed by atoms with Gasteiger partial charge in [-0.3, -0.25) is 4.79 Å². The van der Waals surface area contributed by atoms with Gasteiger partial charge >= 0.3 is 6.01 Å². The lowest BCUT2D eigenvalue weighted by Crippen LogP contribution is -2.49. The van der Waals surface area contributed by atoms with Crippen molar-refractivity contribution >= 4 is 28.2 Å². The van der Waals surface area contributed by atoms with Crippen LogP contribution in [-0.2, 0) is 17.6 Å². The summed E-state index contributed by atoms with van der Waals surface area (Å²) in [7, 11) is 1.58. The third kappa shape index (κ3) is 4.04. The molecule has 1 aromatic heterocycles. The first-order valence-corrected chi connectivity index (χ1v) is 11.6. The highest BCUT2D eigenvalue weighted by Crippen LogP contribution is 2.33. The van der Waals surface area contributed by atoms with Crippen molar-refractivity contribution in [3.63, 3.8) is 0 Å². The normalized spacial score (nSPS) is 16.2. The Balaban J connectivity index is 1.44. The maximum absolute atomic E-state index is 14.8. The molecule has 0 bridgehead atoms. The second kappa shape index (κ2) is 9.29. The first kappa shape index (κ1) is 22.1. The summed E-state index contributed by atoms with van der Waals surface area (Å²) in [5, 5.41) is 1.55. The Morgan fingerprint density at radius 3 is 2.47 bits per heavy atom. The van der Waals surface area contributed by atoms with Crippen molar-refractivity contribution in [1.29, 1.82) is 0 Å². The molecule has 0 saturated carbocycles. The number of aromatic nitrogens is 2. The minimum absolute atomic E-state index is 0.0447. The molecule has 0 N–H and O–H groups in total. The Hall–Kier alpha value is -3.68. The van der Waals surface area contributed by atoms with Crippen LogP contribution in [0.5, 0.6) is 6.01 Å². The Bertz CT molecular complexity index is 1230. The molecule has 34 heavy (non-hydrogen) atoms. The fraction of sp³-hybridized carbons (Fsp3) is 0.346. The first-order chi connectivity index (χ1) is 16.6. The summed E-state index contributed by atoms with van der Waals surface area (Å²) < 4.78 is 20.2. The van der Waals surface area contributed by atoms with Crippen molar-refractivity contribution in [3.8, 4) is 6.01 Å². The van der Waals surface area contributed by atoms with E-state index in [1.54, 1.807) is 18.1 Å². The summed E-state index contributed by atoms with van der Waals surface area (Å²) in [6.07, 6.45) is 2.81. The number of nitrogens with zero attached hydrogens (tertiary/aromatic N) is 5. The van der Waals surface area contributed by atoms with Crippen LogP contribution in [0.2, 0.25) is 0 Å².